The van der Waals surface area contributed by atoms with Crippen LogP contribution in [0.3, 0.4) is 0 Å². The van der Waals surface area contributed by atoms with Gasteiger partial charge in [-0.1, -0.05) is 6.07 Å². The molecule has 2 amide bonds. The second-order valence-electron chi connectivity index (χ2n) is 4.22. The Kier molecular flexibility index (Phi) is 5.57. The standard InChI is InChI=1S/C13H15F3N2O3/c1-8(19)18-10-7-9(3-4-11(10)21-2)5-6-17-12(20)13(14,15)16/h3-4,7H,5-6H2,1-2H3,(H,17,20)(H,18,19). The van der Waals surface area contributed by atoms with Gasteiger partial charge in [0.15, 0.2) is 0 Å². The van der Waals surface area contributed by atoms with E-state index in [0.717, 1.165) is 0 Å². The van der Waals surface area contributed by atoms with Gasteiger partial charge in [0.25, 0.3) is 0 Å². The van der Waals surface area contributed by atoms with Gasteiger partial charge in [-0.3, -0.25) is 9.59 Å². The molecule has 0 heterocycles. The summed E-state index contributed by atoms with van der Waals surface area (Å²) in [6.07, 6.45) is -4.69. The fraction of sp³-hybridized carbons (Fsp3) is 0.385. The average molecular weight is 304 g/mol. The SMILES string of the molecule is COc1ccc(CCNC(=O)C(F)(F)F)cc1NC(C)=O. The Bertz CT molecular complexity index is 530. The monoisotopic (exact) mass is 304 g/mol. The first-order valence-electron chi connectivity index (χ1n) is 6.03. The molecule has 0 aliphatic carbocycles. The van der Waals surface area contributed by atoms with E-state index in [4.69, 9.17) is 4.74 Å². The van der Waals surface area contributed by atoms with Gasteiger partial charge in [0.05, 0.1) is 12.8 Å². The molecular weight excluding hydrogens is 289 g/mol. The van der Waals surface area contributed by atoms with Crippen molar-refractivity contribution in [1.29, 1.82) is 0 Å². The Hall–Kier alpha value is -2.25. The van der Waals surface area contributed by atoms with Crippen molar-refractivity contribution in [3.8, 4) is 5.75 Å². The predicted octanol–water partition coefficient (Wildman–Crippen LogP) is 1.87. The van der Waals surface area contributed by atoms with E-state index >= 15 is 0 Å². The van der Waals surface area contributed by atoms with Crippen LogP contribution in [0.1, 0.15) is 12.5 Å². The lowest BCUT2D eigenvalue weighted by Gasteiger charge is -2.12. The first kappa shape index (κ1) is 16.8. The van der Waals surface area contributed by atoms with Gasteiger partial charge in [0.2, 0.25) is 5.91 Å². The third-order valence-electron chi connectivity index (χ3n) is 2.53. The molecule has 1 rings (SSSR count). The minimum Gasteiger partial charge on any atom is -0.495 e. The average Bonchev–Trinajstić information content (AvgIpc) is 2.37. The molecule has 0 atom stereocenters. The van der Waals surface area contributed by atoms with Crippen LogP contribution in [0.25, 0.3) is 0 Å². The number of anilines is 1. The van der Waals surface area contributed by atoms with E-state index in [-0.39, 0.29) is 18.9 Å². The highest BCUT2D eigenvalue weighted by Crippen LogP contribution is 2.25. The summed E-state index contributed by atoms with van der Waals surface area (Å²) in [6.45, 7) is 1.17. The first-order chi connectivity index (χ1) is 9.74. The number of nitrogens with one attached hydrogen (secondary N) is 2. The molecule has 0 radical (unpaired) electrons. The molecular formula is C13H15F3N2O3. The zero-order chi connectivity index (χ0) is 16.0. The predicted molar refractivity (Wildman–Crippen MR) is 70.1 cm³/mol. The molecule has 0 fully saturated rings. The van der Waals surface area contributed by atoms with Gasteiger partial charge in [0, 0.05) is 13.5 Å². The molecule has 8 heteroatoms. The number of carbonyl (C=O) groups excluding carboxylic acids is 2. The second-order valence-corrected chi connectivity index (χ2v) is 4.22. The summed E-state index contributed by atoms with van der Waals surface area (Å²) < 4.78 is 41.1. The van der Waals surface area contributed by atoms with Crippen LogP contribution in [0, 0.1) is 0 Å². The maximum Gasteiger partial charge on any atom is 0.471 e. The molecule has 0 spiro atoms. The molecule has 0 aliphatic rings. The number of hydrogen-bond donors (Lipinski definition) is 2. The molecule has 1 aromatic rings. The summed E-state index contributed by atoms with van der Waals surface area (Å²) in [5.41, 5.74) is 1.08. The molecule has 0 unspecified atom stereocenters. The highest BCUT2D eigenvalue weighted by molar-refractivity contribution is 5.90. The third-order valence-corrected chi connectivity index (χ3v) is 2.53. The second kappa shape index (κ2) is 6.96. The number of ether oxygens (including phenoxy) is 1. The van der Waals surface area contributed by atoms with Crippen molar-refractivity contribution in [1.82, 2.24) is 5.32 Å². The van der Waals surface area contributed by atoms with Crippen LogP contribution in [-0.4, -0.2) is 31.6 Å². The number of carbonyl (C=O) groups is 2. The van der Waals surface area contributed by atoms with E-state index in [0.29, 0.717) is 17.0 Å². The summed E-state index contributed by atoms with van der Waals surface area (Å²) in [5, 5.41) is 4.33. The fourth-order valence-corrected chi connectivity index (χ4v) is 1.62. The van der Waals surface area contributed by atoms with E-state index in [1.807, 2.05) is 0 Å². The summed E-state index contributed by atoms with van der Waals surface area (Å²) in [7, 11) is 1.43. The number of methoxy groups -OCH3 is 1. The zero-order valence-corrected chi connectivity index (χ0v) is 11.5. The summed E-state index contributed by atoms with van der Waals surface area (Å²) >= 11 is 0. The van der Waals surface area contributed by atoms with Crippen molar-refractivity contribution < 1.29 is 27.5 Å². The highest BCUT2D eigenvalue weighted by Gasteiger charge is 2.38. The van der Waals surface area contributed by atoms with Crippen LogP contribution in [0.15, 0.2) is 18.2 Å². The molecule has 1 aromatic carbocycles. The first-order valence-corrected chi connectivity index (χ1v) is 6.03. The van der Waals surface area contributed by atoms with Crippen molar-refractivity contribution in [2.24, 2.45) is 0 Å². The van der Waals surface area contributed by atoms with Gasteiger partial charge in [-0.25, -0.2) is 0 Å². The summed E-state index contributed by atoms with van der Waals surface area (Å²) in [6, 6.07) is 4.82. The van der Waals surface area contributed by atoms with Crippen LogP contribution < -0.4 is 15.4 Å². The quantitative estimate of drug-likeness (QED) is 0.872. The summed E-state index contributed by atoms with van der Waals surface area (Å²) in [5.74, 6) is -1.83. The lowest BCUT2D eigenvalue weighted by Crippen LogP contribution is -2.37. The molecule has 0 bridgehead atoms. The van der Waals surface area contributed by atoms with Crippen LogP contribution in [0.2, 0.25) is 0 Å². The topological polar surface area (TPSA) is 67.4 Å². The van der Waals surface area contributed by atoms with Gasteiger partial charge in [-0.2, -0.15) is 13.2 Å². The third kappa shape index (κ3) is 5.33. The van der Waals surface area contributed by atoms with E-state index in [2.05, 4.69) is 5.32 Å². The number of benzene rings is 1. The van der Waals surface area contributed by atoms with Crippen molar-refractivity contribution in [3.63, 3.8) is 0 Å². The van der Waals surface area contributed by atoms with Crippen molar-refractivity contribution >= 4 is 17.5 Å². The van der Waals surface area contributed by atoms with Crippen molar-refractivity contribution in [2.45, 2.75) is 19.5 Å². The van der Waals surface area contributed by atoms with Gasteiger partial charge in [-0.05, 0) is 24.1 Å². The molecule has 0 aliphatic heterocycles. The lowest BCUT2D eigenvalue weighted by molar-refractivity contribution is -0.173. The van der Waals surface area contributed by atoms with Crippen molar-refractivity contribution in [3.05, 3.63) is 23.8 Å². The van der Waals surface area contributed by atoms with Gasteiger partial charge >= 0.3 is 12.1 Å². The van der Waals surface area contributed by atoms with Crippen LogP contribution in [0.5, 0.6) is 5.75 Å². The van der Waals surface area contributed by atoms with E-state index < -0.39 is 12.1 Å². The Morgan fingerprint density at radius 1 is 1.29 bits per heavy atom. The zero-order valence-electron chi connectivity index (χ0n) is 11.5. The smallest absolute Gasteiger partial charge is 0.471 e. The Morgan fingerprint density at radius 3 is 2.48 bits per heavy atom. The molecule has 2 N–H and O–H groups in total. The van der Waals surface area contributed by atoms with E-state index in [9.17, 15) is 22.8 Å². The van der Waals surface area contributed by atoms with E-state index in [1.54, 1.807) is 23.5 Å². The molecule has 21 heavy (non-hydrogen) atoms. The Balaban J connectivity index is 2.68. The van der Waals surface area contributed by atoms with Crippen molar-refractivity contribution in [2.75, 3.05) is 19.0 Å². The molecule has 116 valence electrons. The van der Waals surface area contributed by atoms with Crippen LogP contribution in [-0.2, 0) is 16.0 Å². The van der Waals surface area contributed by atoms with Gasteiger partial charge in [-0.15, -0.1) is 0 Å². The largest absolute Gasteiger partial charge is 0.495 e. The molecule has 0 aromatic heterocycles. The normalized spacial score (nSPS) is 10.9. The maximum atomic E-state index is 12.0. The van der Waals surface area contributed by atoms with Gasteiger partial charge < -0.3 is 15.4 Å². The number of amides is 2. The summed E-state index contributed by atoms with van der Waals surface area (Å²) in [4.78, 5) is 21.7. The van der Waals surface area contributed by atoms with Gasteiger partial charge in [0.1, 0.15) is 5.75 Å². The molecule has 5 nitrogen and oxygen atoms in total. The number of alkyl halides is 3. The molecule has 0 saturated heterocycles. The lowest BCUT2D eigenvalue weighted by atomic mass is 10.1. The Labute approximate surface area is 119 Å². The minimum atomic E-state index is -4.89. The highest BCUT2D eigenvalue weighted by atomic mass is 19.4. The molecule has 0 saturated carbocycles. The van der Waals surface area contributed by atoms with Crippen LogP contribution >= 0.6 is 0 Å². The van der Waals surface area contributed by atoms with E-state index in [1.165, 1.54) is 14.0 Å². The van der Waals surface area contributed by atoms with Crippen LogP contribution in [0.4, 0.5) is 18.9 Å². The Morgan fingerprint density at radius 2 is 1.95 bits per heavy atom. The maximum absolute atomic E-state index is 12.0. The minimum absolute atomic E-state index is 0.163. The number of halogens is 3. The number of hydrogen-bond acceptors (Lipinski definition) is 3. The fourth-order valence-electron chi connectivity index (χ4n) is 1.62. The number of rotatable bonds is 5.